The average Bonchev–Trinajstić information content (AvgIpc) is 2.95. The molecule has 0 radical (unpaired) electrons. The lowest BCUT2D eigenvalue weighted by atomic mass is 9.94. The highest BCUT2D eigenvalue weighted by Crippen LogP contribution is 2.46. The van der Waals surface area contributed by atoms with Gasteiger partial charge in [-0.2, -0.15) is 0 Å². The molecule has 2 atom stereocenters. The van der Waals surface area contributed by atoms with Gasteiger partial charge in [0.1, 0.15) is 23.1 Å². The number of carbonyl (C=O) groups is 1. The monoisotopic (exact) mass is 602 g/mol. The molecule has 3 N–H and O–H groups in total. The van der Waals surface area contributed by atoms with Crippen molar-refractivity contribution in [1.29, 1.82) is 0 Å². The van der Waals surface area contributed by atoms with E-state index >= 15 is 0 Å². The van der Waals surface area contributed by atoms with Crippen LogP contribution < -0.4 is 25.4 Å². The summed E-state index contributed by atoms with van der Waals surface area (Å²) in [6.45, 7) is 4.36. The van der Waals surface area contributed by atoms with E-state index in [4.69, 9.17) is 57.9 Å². The molecule has 13 heteroatoms. The van der Waals surface area contributed by atoms with Crippen LogP contribution in [0.15, 0.2) is 30.5 Å². The van der Waals surface area contributed by atoms with Gasteiger partial charge in [-0.1, -0.05) is 29.3 Å². The Labute approximate surface area is 247 Å². The van der Waals surface area contributed by atoms with Crippen LogP contribution in [0.4, 0.5) is 11.6 Å². The van der Waals surface area contributed by atoms with Crippen molar-refractivity contribution in [2.24, 2.45) is 11.7 Å². The van der Waals surface area contributed by atoms with E-state index < -0.39 is 5.91 Å². The van der Waals surface area contributed by atoms with E-state index in [1.807, 2.05) is 19.1 Å². The molecule has 5 rings (SSSR count). The highest BCUT2D eigenvalue weighted by molar-refractivity contribution is 6.41. The molecule has 0 aliphatic carbocycles. The highest BCUT2D eigenvalue weighted by atomic mass is 35.5. The first-order chi connectivity index (χ1) is 19.7. The molecular formula is C28H32Cl2N6O5. The minimum absolute atomic E-state index is 0.0527. The molecule has 2 saturated heterocycles. The maximum absolute atomic E-state index is 11.3. The van der Waals surface area contributed by atoms with E-state index in [0.717, 1.165) is 11.8 Å². The van der Waals surface area contributed by atoms with Crippen molar-refractivity contribution in [3.63, 3.8) is 0 Å². The Morgan fingerprint density at radius 2 is 1.88 bits per heavy atom. The van der Waals surface area contributed by atoms with Crippen LogP contribution in [0.25, 0.3) is 22.3 Å². The van der Waals surface area contributed by atoms with Gasteiger partial charge < -0.3 is 34.9 Å². The Hall–Kier alpha value is -3.38. The molecule has 2 aliphatic heterocycles. The molecule has 2 fully saturated rings. The number of hydrogen-bond acceptors (Lipinski definition) is 10. The second-order valence-corrected chi connectivity index (χ2v) is 11.0. The minimum Gasteiger partial charge on any atom is -0.495 e. The highest BCUT2D eigenvalue weighted by Gasteiger charge is 2.40. The predicted octanol–water partition coefficient (Wildman–Crippen LogP) is 4.10. The number of hydrogen-bond donors (Lipinski definition) is 2. The van der Waals surface area contributed by atoms with Crippen molar-refractivity contribution >= 4 is 51.6 Å². The van der Waals surface area contributed by atoms with E-state index in [-0.39, 0.29) is 27.6 Å². The number of anilines is 2. The zero-order chi connectivity index (χ0) is 29.3. The number of ether oxygens (including phenoxy) is 4. The van der Waals surface area contributed by atoms with Gasteiger partial charge >= 0.3 is 0 Å². The van der Waals surface area contributed by atoms with Crippen molar-refractivity contribution in [1.82, 2.24) is 15.0 Å². The van der Waals surface area contributed by atoms with E-state index in [0.29, 0.717) is 66.3 Å². The first-order valence-corrected chi connectivity index (χ1v) is 13.8. The Morgan fingerprint density at radius 1 is 1.17 bits per heavy atom. The van der Waals surface area contributed by atoms with Gasteiger partial charge in [0, 0.05) is 44.2 Å². The molecule has 4 heterocycles. The van der Waals surface area contributed by atoms with Crippen LogP contribution in [-0.4, -0.2) is 80.1 Å². The molecule has 11 nitrogen and oxygen atoms in total. The summed E-state index contributed by atoms with van der Waals surface area (Å²) < 4.78 is 22.3. The second-order valence-electron chi connectivity index (χ2n) is 10.3. The molecule has 0 saturated carbocycles. The van der Waals surface area contributed by atoms with E-state index in [1.165, 1.54) is 20.3 Å². The number of rotatable bonds is 9. The maximum atomic E-state index is 11.3. The van der Waals surface area contributed by atoms with Gasteiger partial charge in [0.25, 0.3) is 0 Å². The van der Waals surface area contributed by atoms with Crippen molar-refractivity contribution in [2.75, 3.05) is 57.8 Å². The Morgan fingerprint density at radius 3 is 2.51 bits per heavy atom. The fraction of sp³-hybridized carbons (Fsp3) is 0.429. The normalized spacial score (nSPS) is 20.2. The Kier molecular flexibility index (Phi) is 8.42. The van der Waals surface area contributed by atoms with Gasteiger partial charge in [-0.05, 0) is 25.5 Å². The molecule has 2 aliphatic rings. The van der Waals surface area contributed by atoms with E-state index in [1.54, 1.807) is 19.4 Å². The number of fused-ring (bicyclic) bond motifs is 1. The molecule has 41 heavy (non-hydrogen) atoms. The number of methoxy groups -OCH3 is 3. The largest absolute Gasteiger partial charge is 0.495 e. The minimum atomic E-state index is -0.483. The van der Waals surface area contributed by atoms with E-state index in [2.05, 4.69) is 15.2 Å². The zero-order valence-electron chi connectivity index (χ0n) is 23.2. The van der Waals surface area contributed by atoms with Crippen molar-refractivity contribution in [2.45, 2.75) is 25.0 Å². The zero-order valence-corrected chi connectivity index (χ0v) is 24.8. The van der Waals surface area contributed by atoms with Gasteiger partial charge in [0.15, 0.2) is 5.82 Å². The third kappa shape index (κ3) is 5.85. The van der Waals surface area contributed by atoms with Gasteiger partial charge in [-0.3, -0.25) is 4.79 Å². The fourth-order valence-electron chi connectivity index (χ4n) is 5.11. The lowest BCUT2D eigenvalue weighted by molar-refractivity contribution is -0.113. The molecule has 218 valence electrons. The fourth-order valence-corrected chi connectivity index (χ4v) is 5.78. The summed E-state index contributed by atoms with van der Waals surface area (Å²) in [6, 6.07) is 3.43. The summed E-state index contributed by atoms with van der Waals surface area (Å²) in [4.78, 5) is 27.8. The molecular weight excluding hydrogens is 571 g/mol. The lowest BCUT2D eigenvalue weighted by Gasteiger charge is -2.47. The van der Waals surface area contributed by atoms with Crippen LogP contribution in [0.5, 0.6) is 11.5 Å². The van der Waals surface area contributed by atoms with Crippen LogP contribution >= 0.6 is 23.2 Å². The maximum Gasteiger partial charge on any atom is 0.241 e. The standard InChI is InChI=1S/C28H32Cl2N6O5/c1-28(40-4)13-36(14-28)27-16-9-22(33-18-12-41-8-7-15(18)5-6-21(31)37)32-11-17(16)34-26(35-27)23-24(29)19(38-2)10-20(39-3)25(23)30/h5-6,9-11,15,18H,7-8,12-14H2,1-4H3,(H2,31,37)(H,32,33)/t15-,18-/m1/s1. The number of carbonyl (C=O) groups excluding carboxylic acids is 1. The van der Waals surface area contributed by atoms with E-state index in [9.17, 15) is 4.79 Å². The van der Waals surface area contributed by atoms with Crippen LogP contribution in [0, 0.1) is 5.92 Å². The summed E-state index contributed by atoms with van der Waals surface area (Å²) >= 11 is 13.4. The Balaban J connectivity index is 1.59. The summed E-state index contributed by atoms with van der Waals surface area (Å²) in [5, 5.41) is 4.78. The van der Waals surface area contributed by atoms with Crippen molar-refractivity contribution < 1.29 is 23.7 Å². The third-order valence-electron chi connectivity index (χ3n) is 7.45. The van der Waals surface area contributed by atoms with Gasteiger partial charge in [0.05, 0.1) is 59.8 Å². The number of pyridine rings is 1. The number of halogens is 2. The van der Waals surface area contributed by atoms with Gasteiger partial charge in [-0.15, -0.1) is 0 Å². The van der Waals surface area contributed by atoms with Crippen LogP contribution in [0.3, 0.4) is 0 Å². The molecule has 2 aromatic heterocycles. The first-order valence-electron chi connectivity index (χ1n) is 13.1. The summed E-state index contributed by atoms with van der Waals surface area (Å²) in [7, 11) is 4.73. The summed E-state index contributed by atoms with van der Waals surface area (Å²) in [6.07, 6.45) is 5.65. The average molecular weight is 604 g/mol. The van der Waals surface area contributed by atoms with Gasteiger partial charge in [-0.25, -0.2) is 15.0 Å². The molecule has 1 amide bonds. The number of primary amides is 1. The number of nitrogens with two attached hydrogens (primary N) is 1. The molecule has 0 unspecified atom stereocenters. The quantitative estimate of drug-likeness (QED) is 0.345. The predicted molar refractivity (Wildman–Crippen MR) is 158 cm³/mol. The van der Waals surface area contributed by atoms with Crippen LogP contribution in [0.2, 0.25) is 10.0 Å². The molecule has 1 aromatic carbocycles. The number of amides is 1. The number of aromatic nitrogens is 3. The third-order valence-corrected chi connectivity index (χ3v) is 8.20. The number of nitrogens with one attached hydrogen (secondary N) is 1. The topological polar surface area (TPSA) is 134 Å². The molecule has 0 spiro atoms. The van der Waals surface area contributed by atoms with Crippen LogP contribution in [0.1, 0.15) is 13.3 Å². The number of nitrogens with zero attached hydrogens (tertiary/aromatic N) is 4. The first kappa shape index (κ1) is 29.1. The van der Waals surface area contributed by atoms with Crippen molar-refractivity contribution in [3.8, 4) is 22.9 Å². The smallest absolute Gasteiger partial charge is 0.241 e. The van der Waals surface area contributed by atoms with Crippen molar-refractivity contribution in [3.05, 3.63) is 40.5 Å². The summed E-state index contributed by atoms with van der Waals surface area (Å²) in [5.74, 6) is 1.96. The Bertz CT molecular complexity index is 1470. The van der Waals surface area contributed by atoms with Gasteiger partial charge in [0.2, 0.25) is 5.91 Å². The number of benzene rings is 1. The van der Waals surface area contributed by atoms with Crippen LogP contribution in [-0.2, 0) is 14.3 Å². The SMILES string of the molecule is COc1cc(OC)c(Cl)c(-c2nc(N3CC(C)(OC)C3)c3cc(N[C@@H]4COCC[C@H]4C=CC(N)=O)ncc3n2)c1Cl. The second kappa shape index (κ2) is 11.8. The lowest BCUT2D eigenvalue weighted by Crippen LogP contribution is -2.61. The summed E-state index contributed by atoms with van der Waals surface area (Å²) in [5.41, 5.74) is 6.01. The molecule has 3 aromatic rings. The molecule has 0 bridgehead atoms.